The zero-order valence-electron chi connectivity index (χ0n) is 16.4. The first kappa shape index (κ1) is 22.9. The molecule has 0 fully saturated rings. The third kappa shape index (κ3) is 8.89. The van der Waals surface area contributed by atoms with Gasteiger partial charge in [0.1, 0.15) is 12.4 Å². The van der Waals surface area contributed by atoms with Gasteiger partial charge in [-0.1, -0.05) is 38.3 Å². The van der Waals surface area contributed by atoms with E-state index in [-0.39, 0.29) is 6.42 Å². The molecule has 3 N–H and O–H groups in total. The molecule has 1 amide bonds. The standard InChI is InChI=1S/C21H32N2O4/c1-4-5-6-7-14-27-20-12-9-18(10-13-20)8-11-19(26)15-21(16-24,22-3)23-17(2)25/h9-10,12-13,19,24,26H,4-8,11,14-16H2,1-2H3,(H,23,25). The van der Waals surface area contributed by atoms with Crippen LogP contribution in [0.1, 0.15) is 57.9 Å². The number of aryl methyl sites for hydroxylation is 1. The highest BCUT2D eigenvalue weighted by Gasteiger charge is 2.39. The van der Waals surface area contributed by atoms with Gasteiger partial charge >= 0.3 is 5.66 Å². The molecule has 0 heterocycles. The van der Waals surface area contributed by atoms with Crippen LogP contribution in [0.5, 0.6) is 5.75 Å². The summed E-state index contributed by atoms with van der Waals surface area (Å²) >= 11 is 0. The highest BCUT2D eigenvalue weighted by molar-refractivity contribution is 5.74. The van der Waals surface area contributed by atoms with Crippen molar-refractivity contribution in [3.63, 3.8) is 0 Å². The number of nitrogens with zero attached hydrogens (tertiary/aromatic N) is 1. The van der Waals surface area contributed by atoms with E-state index >= 15 is 0 Å². The topological polar surface area (TPSA) is 83.2 Å². The molecule has 27 heavy (non-hydrogen) atoms. The Morgan fingerprint density at radius 2 is 2.00 bits per heavy atom. The molecule has 6 heteroatoms. The van der Waals surface area contributed by atoms with Crippen LogP contribution < -0.4 is 10.1 Å². The van der Waals surface area contributed by atoms with E-state index in [0.717, 1.165) is 24.3 Å². The maximum absolute atomic E-state index is 11.2. The number of aliphatic hydroxyl groups is 2. The van der Waals surface area contributed by atoms with E-state index in [9.17, 15) is 15.0 Å². The summed E-state index contributed by atoms with van der Waals surface area (Å²) in [6, 6.07) is 7.79. The minimum Gasteiger partial charge on any atom is -0.494 e. The Morgan fingerprint density at radius 1 is 1.30 bits per heavy atom. The Hall–Kier alpha value is -2.10. The van der Waals surface area contributed by atoms with Gasteiger partial charge < -0.3 is 14.9 Å². The first-order valence-electron chi connectivity index (χ1n) is 9.62. The summed E-state index contributed by atoms with van der Waals surface area (Å²) in [7, 11) is 0. The van der Waals surface area contributed by atoms with E-state index in [1.807, 2.05) is 24.3 Å². The van der Waals surface area contributed by atoms with Crippen LogP contribution in [0.25, 0.3) is 4.85 Å². The zero-order chi connectivity index (χ0) is 20.1. The molecule has 0 aliphatic carbocycles. The van der Waals surface area contributed by atoms with E-state index < -0.39 is 24.3 Å². The summed E-state index contributed by atoms with van der Waals surface area (Å²) in [5.74, 6) is 0.436. The molecule has 150 valence electrons. The Labute approximate surface area is 162 Å². The van der Waals surface area contributed by atoms with Crippen molar-refractivity contribution in [3.8, 4) is 5.75 Å². The molecule has 0 bridgehead atoms. The average Bonchev–Trinajstić information content (AvgIpc) is 2.66. The summed E-state index contributed by atoms with van der Waals surface area (Å²) < 4.78 is 5.71. The van der Waals surface area contributed by atoms with Crippen molar-refractivity contribution >= 4 is 5.91 Å². The van der Waals surface area contributed by atoms with Gasteiger partial charge in [-0.2, -0.15) is 0 Å². The number of nitrogens with one attached hydrogen (secondary N) is 1. The Balaban J connectivity index is 2.43. The van der Waals surface area contributed by atoms with Gasteiger partial charge in [-0.25, -0.2) is 6.57 Å². The minimum absolute atomic E-state index is 0.00840. The molecule has 0 aliphatic rings. The lowest BCUT2D eigenvalue weighted by molar-refractivity contribution is -0.121. The molecule has 0 saturated carbocycles. The van der Waals surface area contributed by atoms with Crippen LogP contribution in [0.4, 0.5) is 0 Å². The van der Waals surface area contributed by atoms with Crippen LogP contribution in [0.15, 0.2) is 24.3 Å². The van der Waals surface area contributed by atoms with Gasteiger partial charge in [0.15, 0.2) is 0 Å². The van der Waals surface area contributed by atoms with Crippen molar-refractivity contribution in [1.82, 2.24) is 5.32 Å². The van der Waals surface area contributed by atoms with Crippen molar-refractivity contribution < 1.29 is 19.7 Å². The van der Waals surface area contributed by atoms with Crippen LogP contribution in [0.3, 0.4) is 0 Å². The van der Waals surface area contributed by atoms with Crippen molar-refractivity contribution in [3.05, 3.63) is 41.2 Å². The maximum Gasteiger partial charge on any atom is 0.332 e. The molecule has 0 radical (unpaired) electrons. The number of ether oxygens (including phenoxy) is 1. The number of unbranched alkanes of at least 4 members (excludes halogenated alkanes) is 3. The van der Waals surface area contributed by atoms with Crippen molar-refractivity contribution in [2.75, 3.05) is 13.2 Å². The van der Waals surface area contributed by atoms with Crippen LogP contribution in [-0.2, 0) is 11.2 Å². The first-order valence-corrected chi connectivity index (χ1v) is 9.62. The predicted molar refractivity (Wildman–Crippen MR) is 105 cm³/mol. The minimum atomic E-state index is -1.46. The normalized spacial score (nSPS) is 14.0. The Bertz CT molecular complexity index is 597. The molecule has 0 spiro atoms. The van der Waals surface area contributed by atoms with Crippen LogP contribution in [0.2, 0.25) is 0 Å². The number of amides is 1. The van der Waals surface area contributed by atoms with E-state index in [4.69, 9.17) is 11.3 Å². The molecule has 0 aromatic heterocycles. The number of hydrogen-bond donors (Lipinski definition) is 3. The molecule has 1 aromatic carbocycles. The fraction of sp³-hybridized carbons (Fsp3) is 0.619. The number of hydrogen-bond acceptors (Lipinski definition) is 4. The Kier molecular flexibility index (Phi) is 10.5. The molecule has 0 aliphatic heterocycles. The van der Waals surface area contributed by atoms with Crippen LogP contribution >= 0.6 is 0 Å². The summed E-state index contributed by atoms with van der Waals surface area (Å²) in [6.07, 6.45) is 4.96. The summed E-state index contributed by atoms with van der Waals surface area (Å²) in [5, 5.41) is 22.1. The van der Waals surface area contributed by atoms with Gasteiger partial charge in [0.25, 0.3) is 0 Å². The highest BCUT2D eigenvalue weighted by Crippen LogP contribution is 2.19. The van der Waals surface area contributed by atoms with Gasteiger partial charge in [-0.3, -0.25) is 15.0 Å². The second-order valence-electron chi connectivity index (χ2n) is 6.93. The number of aliphatic hydroxyl groups excluding tert-OH is 2. The van der Waals surface area contributed by atoms with E-state index in [0.29, 0.717) is 12.8 Å². The summed E-state index contributed by atoms with van der Waals surface area (Å²) in [5.41, 5.74) is -0.398. The molecule has 2 atom stereocenters. The van der Waals surface area contributed by atoms with E-state index in [1.165, 1.54) is 26.2 Å². The molecular formula is C21H32N2O4. The number of carbonyl (C=O) groups is 1. The SMILES string of the molecule is [C-]#[N+]C(CO)(CC(O)CCc1ccc(OCCCCCC)cc1)NC(C)=O. The lowest BCUT2D eigenvalue weighted by atomic mass is 9.98. The third-order valence-electron chi connectivity index (χ3n) is 4.41. The second kappa shape index (κ2) is 12.3. The number of carbonyl (C=O) groups excluding carboxylic acids is 1. The smallest absolute Gasteiger partial charge is 0.332 e. The van der Waals surface area contributed by atoms with Crippen LogP contribution in [0, 0.1) is 6.57 Å². The predicted octanol–water partition coefficient (Wildman–Crippen LogP) is 3.07. The molecule has 2 unspecified atom stereocenters. The number of rotatable bonds is 13. The van der Waals surface area contributed by atoms with Crippen molar-refractivity contribution in [1.29, 1.82) is 0 Å². The van der Waals surface area contributed by atoms with Gasteiger partial charge in [-0.05, 0) is 37.0 Å². The van der Waals surface area contributed by atoms with E-state index in [2.05, 4.69) is 17.1 Å². The lowest BCUT2D eigenvalue weighted by Gasteiger charge is -2.23. The van der Waals surface area contributed by atoms with E-state index in [1.54, 1.807) is 0 Å². The van der Waals surface area contributed by atoms with Crippen molar-refractivity contribution in [2.24, 2.45) is 0 Å². The zero-order valence-corrected chi connectivity index (χ0v) is 16.4. The molecule has 1 rings (SSSR count). The van der Waals surface area contributed by atoms with Crippen LogP contribution in [-0.4, -0.2) is 41.1 Å². The fourth-order valence-corrected chi connectivity index (χ4v) is 2.89. The fourth-order valence-electron chi connectivity index (χ4n) is 2.89. The molecule has 1 aromatic rings. The third-order valence-corrected chi connectivity index (χ3v) is 4.41. The molecular weight excluding hydrogens is 344 g/mol. The van der Waals surface area contributed by atoms with Gasteiger partial charge in [-0.15, -0.1) is 0 Å². The molecule has 6 nitrogen and oxygen atoms in total. The number of benzene rings is 1. The highest BCUT2D eigenvalue weighted by atomic mass is 16.5. The maximum atomic E-state index is 11.2. The summed E-state index contributed by atoms with van der Waals surface area (Å²) in [6.45, 7) is 10.9. The van der Waals surface area contributed by atoms with Crippen molar-refractivity contribution in [2.45, 2.75) is 70.6 Å². The summed E-state index contributed by atoms with van der Waals surface area (Å²) in [4.78, 5) is 14.6. The second-order valence-corrected chi connectivity index (χ2v) is 6.93. The molecule has 0 saturated heterocycles. The quantitative estimate of drug-likeness (QED) is 0.365. The van der Waals surface area contributed by atoms with Gasteiger partial charge in [0, 0.05) is 6.92 Å². The monoisotopic (exact) mass is 376 g/mol. The van der Waals surface area contributed by atoms with Gasteiger partial charge in [0.2, 0.25) is 5.91 Å². The lowest BCUT2D eigenvalue weighted by Crippen LogP contribution is -2.50. The van der Waals surface area contributed by atoms with Gasteiger partial charge in [0.05, 0.1) is 19.1 Å². The largest absolute Gasteiger partial charge is 0.494 e. The Morgan fingerprint density at radius 3 is 2.56 bits per heavy atom. The average molecular weight is 376 g/mol. The first-order chi connectivity index (χ1) is 12.9.